The van der Waals surface area contributed by atoms with Crippen molar-refractivity contribution in [2.45, 2.75) is 0 Å². The van der Waals surface area contributed by atoms with Crippen molar-refractivity contribution in [2.24, 2.45) is 0 Å². The maximum absolute atomic E-state index is 11.6. The summed E-state index contributed by atoms with van der Waals surface area (Å²) in [6, 6.07) is 5.74. The van der Waals surface area contributed by atoms with Crippen molar-refractivity contribution < 1.29 is 23.9 Å². The number of amides is 2. The van der Waals surface area contributed by atoms with Crippen LogP contribution in [0.25, 0.3) is 0 Å². The predicted octanol–water partition coefficient (Wildman–Crippen LogP) is 0.692. The first-order valence-corrected chi connectivity index (χ1v) is 5.00. The first-order valence-electron chi connectivity index (χ1n) is 5.00. The number of benzene rings is 1. The molecule has 0 bridgehead atoms. The Balaban J connectivity index is 0.00000324. The van der Waals surface area contributed by atoms with E-state index in [1.807, 2.05) is 0 Å². The predicted molar refractivity (Wildman–Crippen MR) is 68.2 cm³/mol. The molecular weight excluding hydrogens is 274 g/mol. The molecule has 0 aliphatic heterocycles. The molecule has 0 aliphatic rings. The van der Waals surface area contributed by atoms with Crippen LogP contribution < -0.4 is 0 Å². The van der Waals surface area contributed by atoms with Crippen LogP contribution in [0.2, 0.25) is 0 Å². The van der Waals surface area contributed by atoms with Gasteiger partial charge in [-0.1, -0.05) is 12.1 Å². The van der Waals surface area contributed by atoms with Gasteiger partial charge in [0.2, 0.25) is 12.8 Å². The Morgan fingerprint density at radius 1 is 1.11 bits per heavy atom. The maximum Gasteiger partial charge on any atom is 0.337 e. The summed E-state index contributed by atoms with van der Waals surface area (Å²) in [6.07, 6.45) is 0.543. The van der Waals surface area contributed by atoms with Gasteiger partial charge in [-0.15, -0.1) is 12.4 Å². The maximum atomic E-state index is 11.6. The average Bonchev–Trinajstić information content (AvgIpc) is 2.43. The Bertz CT molecular complexity index is 464. The molecule has 102 valence electrons. The molecule has 1 rings (SSSR count). The van der Waals surface area contributed by atoms with Crippen molar-refractivity contribution in [1.82, 2.24) is 4.90 Å². The van der Waals surface area contributed by atoms with Crippen LogP contribution >= 0.6 is 12.4 Å². The minimum Gasteiger partial charge on any atom is -0.465 e. The van der Waals surface area contributed by atoms with Crippen LogP contribution in [0.3, 0.4) is 0 Å². The monoisotopic (exact) mass is 285 g/mol. The lowest BCUT2D eigenvalue weighted by Crippen LogP contribution is -2.27. The number of esters is 1. The number of carbonyl (C=O) groups excluding carboxylic acids is 4. The second-order valence-electron chi connectivity index (χ2n) is 3.38. The zero-order valence-corrected chi connectivity index (χ0v) is 10.9. The average molecular weight is 286 g/mol. The second-order valence-corrected chi connectivity index (χ2v) is 3.38. The fourth-order valence-corrected chi connectivity index (χ4v) is 1.27. The first kappa shape index (κ1) is 16.8. The van der Waals surface area contributed by atoms with E-state index in [1.54, 1.807) is 0 Å². The van der Waals surface area contributed by atoms with Crippen molar-refractivity contribution >= 4 is 37.0 Å². The minimum absolute atomic E-state index is 0. The second kappa shape index (κ2) is 7.99. The number of rotatable bonds is 6. The van der Waals surface area contributed by atoms with Crippen LogP contribution in [0.15, 0.2) is 24.3 Å². The van der Waals surface area contributed by atoms with Gasteiger partial charge in [-0.25, -0.2) is 4.79 Å². The van der Waals surface area contributed by atoms with E-state index in [9.17, 15) is 19.2 Å². The van der Waals surface area contributed by atoms with Gasteiger partial charge < -0.3 is 4.74 Å². The Morgan fingerprint density at radius 3 is 2.00 bits per heavy atom. The van der Waals surface area contributed by atoms with Gasteiger partial charge in [0.05, 0.1) is 19.2 Å². The highest BCUT2D eigenvalue weighted by atomic mass is 35.5. The number of Topliss-reactive ketones (excluding diaryl/α,β-unsaturated/α-hetero) is 1. The summed E-state index contributed by atoms with van der Waals surface area (Å²) in [7, 11) is 1.26. The van der Waals surface area contributed by atoms with Gasteiger partial charge in [0.1, 0.15) is 0 Å². The number of nitrogens with zero attached hydrogens (tertiary/aromatic N) is 1. The topological polar surface area (TPSA) is 80.8 Å². The largest absolute Gasteiger partial charge is 0.465 e. The number of carbonyl (C=O) groups is 4. The van der Waals surface area contributed by atoms with Gasteiger partial charge in [0.25, 0.3) is 0 Å². The fraction of sp³-hybridized carbons (Fsp3) is 0.167. The highest BCUT2D eigenvalue weighted by Gasteiger charge is 2.11. The molecule has 6 nitrogen and oxygen atoms in total. The van der Waals surface area contributed by atoms with Gasteiger partial charge >= 0.3 is 5.97 Å². The molecule has 0 fully saturated rings. The molecule has 0 spiro atoms. The number of methoxy groups -OCH3 is 1. The van der Waals surface area contributed by atoms with E-state index in [0.29, 0.717) is 16.0 Å². The Hall–Kier alpha value is -2.21. The number of hydrogen-bond acceptors (Lipinski definition) is 5. The summed E-state index contributed by atoms with van der Waals surface area (Å²) in [6.45, 7) is -0.329. The van der Waals surface area contributed by atoms with Crippen LogP contribution in [-0.2, 0) is 14.3 Å². The van der Waals surface area contributed by atoms with Crippen LogP contribution in [0.1, 0.15) is 20.7 Å². The van der Waals surface area contributed by atoms with E-state index in [2.05, 4.69) is 4.74 Å². The SMILES string of the molecule is COC(=O)c1ccc(C(=O)CN(C=O)C=O)cc1.Cl. The summed E-state index contributed by atoms with van der Waals surface area (Å²) in [4.78, 5) is 44.2. The normalized spacial score (nSPS) is 8.89. The fourth-order valence-electron chi connectivity index (χ4n) is 1.27. The molecule has 0 atom stereocenters. The molecule has 7 heteroatoms. The zero-order chi connectivity index (χ0) is 13.5. The Morgan fingerprint density at radius 2 is 1.58 bits per heavy atom. The van der Waals surface area contributed by atoms with E-state index < -0.39 is 11.8 Å². The summed E-state index contributed by atoms with van der Waals surface area (Å²) >= 11 is 0. The molecular formula is C12H12ClNO5. The molecule has 0 unspecified atom stereocenters. The van der Waals surface area contributed by atoms with Gasteiger partial charge in [0.15, 0.2) is 5.78 Å². The van der Waals surface area contributed by atoms with Crippen molar-refractivity contribution in [3.05, 3.63) is 35.4 Å². The van der Waals surface area contributed by atoms with Gasteiger partial charge in [-0.3, -0.25) is 19.3 Å². The number of ketones is 1. The molecule has 1 aromatic carbocycles. The molecule has 2 amide bonds. The summed E-state index contributed by atoms with van der Waals surface area (Å²) < 4.78 is 4.51. The molecule has 0 N–H and O–H groups in total. The lowest BCUT2D eigenvalue weighted by atomic mass is 10.1. The standard InChI is InChI=1S/C12H11NO5.ClH/c1-18-12(17)10-4-2-9(3-5-10)11(16)6-13(7-14)8-15;/h2-5,7-8H,6H2,1H3;1H. The van der Waals surface area contributed by atoms with Gasteiger partial charge in [-0.2, -0.15) is 0 Å². The minimum atomic E-state index is -0.503. The number of halogens is 1. The van der Waals surface area contributed by atoms with Crippen LogP contribution in [0.5, 0.6) is 0 Å². The van der Waals surface area contributed by atoms with E-state index >= 15 is 0 Å². The lowest BCUT2D eigenvalue weighted by Gasteiger charge is -2.07. The number of ether oxygens (including phenoxy) is 1. The van der Waals surface area contributed by atoms with Crippen LogP contribution in [-0.4, -0.2) is 43.1 Å². The third-order valence-corrected chi connectivity index (χ3v) is 2.22. The molecule has 0 saturated carbocycles. The first-order chi connectivity index (χ1) is 8.62. The number of imide groups is 1. The van der Waals surface area contributed by atoms with Crippen molar-refractivity contribution in [3.8, 4) is 0 Å². The molecule has 0 heterocycles. The molecule has 0 radical (unpaired) electrons. The number of hydrogen-bond donors (Lipinski definition) is 0. The zero-order valence-electron chi connectivity index (χ0n) is 10.1. The Kier molecular flexibility index (Phi) is 7.06. The third-order valence-electron chi connectivity index (χ3n) is 2.22. The Labute approximate surface area is 115 Å². The molecule has 19 heavy (non-hydrogen) atoms. The van der Waals surface area contributed by atoms with Crippen LogP contribution in [0, 0.1) is 0 Å². The van der Waals surface area contributed by atoms with Crippen molar-refractivity contribution in [3.63, 3.8) is 0 Å². The molecule has 0 saturated heterocycles. The smallest absolute Gasteiger partial charge is 0.337 e. The summed E-state index contributed by atoms with van der Waals surface area (Å²) in [5.41, 5.74) is 0.619. The van der Waals surface area contributed by atoms with Gasteiger partial charge in [-0.05, 0) is 12.1 Å². The van der Waals surface area contributed by atoms with E-state index in [4.69, 9.17) is 0 Å². The van der Waals surface area contributed by atoms with E-state index in [-0.39, 0.29) is 31.8 Å². The van der Waals surface area contributed by atoms with E-state index in [1.165, 1.54) is 31.4 Å². The quantitative estimate of drug-likeness (QED) is 0.436. The van der Waals surface area contributed by atoms with Crippen LogP contribution in [0.4, 0.5) is 0 Å². The summed E-state index contributed by atoms with van der Waals surface area (Å²) in [5.74, 6) is -0.901. The molecule has 0 aliphatic carbocycles. The van der Waals surface area contributed by atoms with E-state index in [0.717, 1.165) is 0 Å². The highest BCUT2D eigenvalue weighted by molar-refractivity contribution is 6.00. The molecule has 0 aromatic heterocycles. The van der Waals surface area contributed by atoms with Crippen molar-refractivity contribution in [2.75, 3.05) is 13.7 Å². The van der Waals surface area contributed by atoms with Gasteiger partial charge in [0, 0.05) is 5.56 Å². The third kappa shape index (κ3) is 4.51. The van der Waals surface area contributed by atoms with Crippen molar-refractivity contribution in [1.29, 1.82) is 0 Å². The lowest BCUT2D eigenvalue weighted by molar-refractivity contribution is -0.128. The molecule has 1 aromatic rings. The summed E-state index contributed by atoms with van der Waals surface area (Å²) in [5, 5.41) is 0. The highest BCUT2D eigenvalue weighted by Crippen LogP contribution is 2.07.